The Morgan fingerprint density at radius 1 is 0.868 bits per heavy atom. The third-order valence-corrected chi connectivity index (χ3v) is 7.45. The van der Waals surface area contributed by atoms with Crippen LogP contribution in [0.3, 0.4) is 0 Å². The number of hydrogen-bond donors (Lipinski definition) is 1. The van der Waals surface area contributed by atoms with Crippen LogP contribution in [-0.4, -0.2) is 55.4 Å². The zero-order chi connectivity index (χ0) is 27.7. The summed E-state index contributed by atoms with van der Waals surface area (Å²) in [5.74, 6) is -0.136. The van der Waals surface area contributed by atoms with Gasteiger partial charge >= 0.3 is 0 Å². The van der Waals surface area contributed by atoms with Gasteiger partial charge in [-0.1, -0.05) is 72.3 Å². The van der Waals surface area contributed by atoms with Crippen LogP contribution in [0.25, 0.3) is 0 Å². The lowest BCUT2D eigenvalue weighted by Crippen LogP contribution is -2.50. The number of nitrogens with zero attached hydrogens (tertiary/aromatic N) is 2. The summed E-state index contributed by atoms with van der Waals surface area (Å²) in [5, 5.41) is 2.90. The molecule has 0 aliphatic carbocycles. The fourth-order valence-corrected chi connectivity index (χ4v) is 4.60. The van der Waals surface area contributed by atoms with Crippen molar-refractivity contribution in [3.05, 3.63) is 101 Å². The summed E-state index contributed by atoms with van der Waals surface area (Å²) in [6.07, 6.45) is 1.08. The van der Waals surface area contributed by atoms with Crippen molar-refractivity contribution < 1.29 is 22.7 Å². The second-order valence-corrected chi connectivity index (χ2v) is 11.2. The highest BCUT2D eigenvalue weighted by Crippen LogP contribution is 2.17. The first-order valence-electron chi connectivity index (χ1n) is 12.3. The molecule has 0 radical (unpaired) electrons. The van der Waals surface area contributed by atoms with Crippen LogP contribution >= 0.6 is 0 Å². The number of nitrogens with one attached hydrogen (secondary N) is 1. The van der Waals surface area contributed by atoms with Crippen LogP contribution in [0.15, 0.2) is 78.9 Å². The molecule has 2 amide bonds. The molecule has 0 aliphatic heterocycles. The number of rotatable bonds is 12. The van der Waals surface area contributed by atoms with Gasteiger partial charge in [-0.15, -0.1) is 0 Å². The average molecular weight is 538 g/mol. The van der Waals surface area contributed by atoms with Crippen LogP contribution in [-0.2, 0) is 39.2 Å². The van der Waals surface area contributed by atoms with Crippen LogP contribution in [0.5, 0.6) is 5.75 Å². The molecule has 1 N–H and O–H groups in total. The minimum atomic E-state index is -3.70. The number of methoxy groups -OCH3 is 1. The number of amides is 2. The Labute approximate surface area is 225 Å². The third-order valence-electron chi connectivity index (χ3n) is 6.25. The Balaban J connectivity index is 1.81. The van der Waals surface area contributed by atoms with Crippen LogP contribution in [0.4, 0.5) is 0 Å². The Morgan fingerprint density at radius 3 is 2.03 bits per heavy atom. The zero-order valence-corrected chi connectivity index (χ0v) is 23.1. The number of ether oxygens (including phenoxy) is 1. The summed E-state index contributed by atoms with van der Waals surface area (Å²) in [6, 6.07) is 23.2. The maximum atomic E-state index is 13.6. The lowest BCUT2D eigenvalue weighted by atomic mass is 10.1. The zero-order valence-electron chi connectivity index (χ0n) is 22.3. The minimum absolute atomic E-state index is 0.0514. The van der Waals surface area contributed by atoms with Crippen molar-refractivity contribution in [1.82, 2.24) is 14.5 Å². The van der Waals surface area contributed by atoms with Crippen molar-refractivity contribution in [3.8, 4) is 5.75 Å². The van der Waals surface area contributed by atoms with Crippen LogP contribution in [0.1, 0.15) is 29.2 Å². The smallest absolute Gasteiger partial charge is 0.242 e. The molecule has 0 unspecified atom stereocenters. The quantitative estimate of drug-likeness (QED) is 0.382. The molecular formula is C29H35N3O5S. The molecule has 3 aromatic rings. The summed E-state index contributed by atoms with van der Waals surface area (Å²) < 4.78 is 31.5. The molecule has 0 aromatic heterocycles. The highest BCUT2D eigenvalue weighted by Gasteiger charge is 2.30. The van der Waals surface area contributed by atoms with E-state index in [4.69, 9.17) is 4.74 Å². The van der Waals surface area contributed by atoms with E-state index < -0.39 is 22.0 Å². The van der Waals surface area contributed by atoms with Gasteiger partial charge in [0.2, 0.25) is 21.8 Å². The average Bonchev–Trinajstić information content (AvgIpc) is 2.90. The molecule has 0 aliphatic rings. The van der Waals surface area contributed by atoms with Crippen molar-refractivity contribution in [3.63, 3.8) is 0 Å². The topological polar surface area (TPSA) is 96.0 Å². The molecule has 0 bridgehead atoms. The Kier molecular flexibility index (Phi) is 10.0. The first kappa shape index (κ1) is 28.9. The monoisotopic (exact) mass is 537 g/mol. The number of aryl methyl sites for hydroxylation is 1. The first-order valence-corrected chi connectivity index (χ1v) is 14.2. The van der Waals surface area contributed by atoms with Crippen molar-refractivity contribution in [2.75, 3.05) is 19.9 Å². The van der Waals surface area contributed by atoms with Crippen LogP contribution < -0.4 is 10.1 Å². The molecule has 8 nitrogen and oxygen atoms in total. The Morgan fingerprint density at radius 2 is 1.45 bits per heavy atom. The molecular weight excluding hydrogens is 502 g/mol. The largest absolute Gasteiger partial charge is 0.497 e. The van der Waals surface area contributed by atoms with Gasteiger partial charge in [-0.3, -0.25) is 9.59 Å². The number of benzene rings is 3. The Bertz CT molecular complexity index is 1310. The molecule has 38 heavy (non-hydrogen) atoms. The van der Waals surface area contributed by atoms with Crippen LogP contribution in [0, 0.1) is 6.92 Å². The predicted molar refractivity (Wildman–Crippen MR) is 148 cm³/mol. The molecule has 3 rings (SSSR count). The number of hydrogen-bond acceptors (Lipinski definition) is 5. The van der Waals surface area contributed by atoms with E-state index in [1.807, 2.05) is 61.5 Å². The normalized spacial score (nSPS) is 12.1. The second kappa shape index (κ2) is 13.2. The molecule has 0 saturated heterocycles. The highest BCUT2D eigenvalue weighted by atomic mass is 32.2. The summed E-state index contributed by atoms with van der Waals surface area (Å²) in [6.45, 7) is 3.75. The summed E-state index contributed by atoms with van der Waals surface area (Å²) in [4.78, 5) is 28.1. The highest BCUT2D eigenvalue weighted by molar-refractivity contribution is 7.88. The molecule has 202 valence electrons. The van der Waals surface area contributed by atoms with Gasteiger partial charge in [0.25, 0.3) is 0 Å². The molecule has 0 heterocycles. The van der Waals surface area contributed by atoms with E-state index in [9.17, 15) is 18.0 Å². The number of carbonyl (C=O) groups is 2. The van der Waals surface area contributed by atoms with Crippen molar-refractivity contribution >= 4 is 21.8 Å². The van der Waals surface area contributed by atoms with Gasteiger partial charge in [0.05, 0.1) is 19.9 Å². The fourth-order valence-electron chi connectivity index (χ4n) is 3.87. The van der Waals surface area contributed by atoms with Gasteiger partial charge in [-0.05, 0) is 42.7 Å². The standard InChI is InChI=1S/C29H35N3O5S/c1-22-10-12-24(13-11-22)18-30-29(34)23(2)32(20-26-14-16-27(37-3)17-15-26)28(33)21-31(38(4,35)36)19-25-8-6-5-7-9-25/h5-17,23H,18-21H2,1-4H3,(H,30,34)/t23-/m1/s1. The Hall–Kier alpha value is -3.69. The molecule has 3 aromatic carbocycles. The lowest BCUT2D eigenvalue weighted by Gasteiger charge is -2.31. The first-order chi connectivity index (χ1) is 18.1. The molecule has 0 saturated carbocycles. The van der Waals surface area contributed by atoms with Crippen molar-refractivity contribution in [2.24, 2.45) is 0 Å². The number of carbonyl (C=O) groups excluding carboxylic acids is 2. The van der Waals surface area contributed by atoms with Crippen molar-refractivity contribution in [2.45, 2.75) is 39.5 Å². The van der Waals surface area contributed by atoms with E-state index in [0.717, 1.165) is 32.8 Å². The molecule has 0 spiro atoms. The van der Waals surface area contributed by atoms with Gasteiger partial charge in [0.1, 0.15) is 11.8 Å². The fraction of sp³-hybridized carbons (Fsp3) is 0.310. The lowest BCUT2D eigenvalue weighted by molar-refractivity contribution is -0.140. The van der Waals surface area contributed by atoms with E-state index >= 15 is 0 Å². The third kappa shape index (κ3) is 8.43. The maximum Gasteiger partial charge on any atom is 0.242 e. The van der Waals surface area contributed by atoms with E-state index in [1.165, 1.54) is 4.90 Å². The summed E-state index contributed by atoms with van der Waals surface area (Å²) in [5.41, 5.74) is 3.61. The van der Waals surface area contributed by atoms with E-state index in [2.05, 4.69) is 5.32 Å². The van der Waals surface area contributed by atoms with Crippen LogP contribution in [0.2, 0.25) is 0 Å². The van der Waals surface area contributed by atoms with Gasteiger partial charge in [0.15, 0.2) is 0 Å². The van der Waals surface area contributed by atoms with Gasteiger partial charge in [-0.2, -0.15) is 4.31 Å². The molecule has 0 fully saturated rings. The van der Waals surface area contributed by atoms with Gasteiger partial charge in [0, 0.05) is 19.6 Å². The predicted octanol–water partition coefficient (Wildman–Crippen LogP) is 3.50. The van der Waals surface area contributed by atoms with E-state index in [1.54, 1.807) is 38.3 Å². The summed E-state index contributed by atoms with van der Waals surface area (Å²) >= 11 is 0. The van der Waals surface area contributed by atoms with Gasteiger partial charge in [-0.25, -0.2) is 8.42 Å². The van der Waals surface area contributed by atoms with E-state index in [0.29, 0.717) is 12.3 Å². The maximum absolute atomic E-state index is 13.6. The van der Waals surface area contributed by atoms with E-state index in [-0.39, 0.29) is 25.5 Å². The molecule has 1 atom stereocenters. The van der Waals surface area contributed by atoms with Gasteiger partial charge < -0.3 is 15.0 Å². The summed E-state index contributed by atoms with van der Waals surface area (Å²) in [7, 11) is -2.13. The SMILES string of the molecule is COc1ccc(CN(C(=O)CN(Cc2ccccc2)S(C)(=O)=O)[C@H](C)C(=O)NCc2ccc(C)cc2)cc1. The number of sulfonamides is 1. The minimum Gasteiger partial charge on any atom is -0.497 e. The second-order valence-electron chi connectivity index (χ2n) is 9.27. The van der Waals surface area contributed by atoms with Crippen molar-refractivity contribution in [1.29, 1.82) is 0 Å². The molecule has 9 heteroatoms.